The van der Waals surface area contributed by atoms with E-state index in [9.17, 15) is 0 Å². The number of rotatable bonds is 5. The Balaban J connectivity index is 2.69. The quantitative estimate of drug-likeness (QED) is 0.770. The number of hydrogen-bond donors (Lipinski definition) is 1. The Labute approximate surface area is 134 Å². The molecule has 2 unspecified atom stereocenters. The van der Waals surface area contributed by atoms with Crippen molar-refractivity contribution >= 4 is 0 Å². The highest BCUT2D eigenvalue weighted by atomic mass is 15.2. The summed E-state index contributed by atoms with van der Waals surface area (Å²) in [7, 11) is 4.54. The minimum Gasteiger partial charge on any atom is -0.315 e. The largest absolute Gasteiger partial charge is 0.315 e. The van der Waals surface area contributed by atoms with E-state index in [2.05, 4.69) is 38.2 Å². The molecule has 0 radical (unpaired) electrons. The fourth-order valence-electron chi connectivity index (χ4n) is 4.13. The average molecular weight is 297 g/mol. The van der Waals surface area contributed by atoms with Crippen LogP contribution in [0.4, 0.5) is 0 Å². The fraction of sp³-hybridized carbons (Fsp3) is 1.00. The van der Waals surface area contributed by atoms with Crippen molar-refractivity contribution < 1.29 is 0 Å². The van der Waals surface area contributed by atoms with Gasteiger partial charge in [0.25, 0.3) is 0 Å². The zero-order valence-electron chi connectivity index (χ0n) is 15.2. The highest BCUT2D eigenvalue weighted by Crippen LogP contribution is 2.23. The van der Waals surface area contributed by atoms with Gasteiger partial charge in [0.2, 0.25) is 0 Å². The molecule has 1 rings (SSSR count). The number of likely N-dealkylation sites (N-methyl/N-ethyl adjacent to an activating group) is 2. The van der Waals surface area contributed by atoms with Crippen LogP contribution in [0.3, 0.4) is 0 Å². The molecule has 1 N–H and O–H groups in total. The van der Waals surface area contributed by atoms with E-state index in [-0.39, 0.29) is 0 Å². The summed E-state index contributed by atoms with van der Waals surface area (Å²) in [4.78, 5) is 2.70. The first-order chi connectivity index (χ1) is 10.2. The van der Waals surface area contributed by atoms with Gasteiger partial charge < -0.3 is 5.32 Å². The summed E-state index contributed by atoms with van der Waals surface area (Å²) in [6.07, 6.45) is 16.8. The Hall–Kier alpha value is -0.0800. The van der Waals surface area contributed by atoms with E-state index < -0.39 is 0 Å². The maximum absolute atomic E-state index is 3.65. The maximum Gasteiger partial charge on any atom is 0.0249 e. The molecule has 2 heteroatoms. The summed E-state index contributed by atoms with van der Waals surface area (Å²) in [5.41, 5.74) is 0. The molecule has 0 saturated heterocycles. The van der Waals surface area contributed by atoms with Crippen molar-refractivity contribution in [3.63, 3.8) is 0 Å². The summed E-state index contributed by atoms with van der Waals surface area (Å²) in [5, 5.41) is 3.65. The van der Waals surface area contributed by atoms with Gasteiger partial charge in [-0.15, -0.1) is 0 Å². The second kappa shape index (κ2) is 11.5. The lowest BCUT2D eigenvalue weighted by Crippen LogP contribution is -2.51. The molecule has 1 fully saturated rings. The molecule has 0 aromatic heterocycles. The molecule has 1 aliphatic rings. The van der Waals surface area contributed by atoms with Gasteiger partial charge in [0, 0.05) is 18.1 Å². The van der Waals surface area contributed by atoms with Crippen LogP contribution in [-0.4, -0.2) is 37.1 Å². The zero-order valence-corrected chi connectivity index (χ0v) is 15.2. The van der Waals surface area contributed by atoms with Gasteiger partial charge in [-0.05, 0) is 39.8 Å². The van der Waals surface area contributed by atoms with Crippen LogP contribution in [0.1, 0.15) is 90.9 Å². The van der Waals surface area contributed by atoms with E-state index in [4.69, 9.17) is 0 Å². The van der Waals surface area contributed by atoms with Crippen molar-refractivity contribution in [2.24, 2.45) is 0 Å². The van der Waals surface area contributed by atoms with Crippen LogP contribution in [0.2, 0.25) is 0 Å². The van der Waals surface area contributed by atoms with E-state index in [0.717, 1.165) is 12.1 Å². The first kappa shape index (κ1) is 19.0. The Morgan fingerprint density at radius 3 is 1.81 bits per heavy atom. The lowest BCUT2D eigenvalue weighted by atomic mass is 9.92. The molecule has 0 aliphatic heterocycles. The molecule has 0 aromatic rings. The summed E-state index contributed by atoms with van der Waals surface area (Å²) in [6, 6.07) is 2.15. The molecule has 1 aliphatic carbocycles. The first-order valence-corrected chi connectivity index (χ1v) is 9.63. The molecule has 0 spiro atoms. The van der Waals surface area contributed by atoms with Crippen molar-refractivity contribution in [3.8, 4) is 0 Å². The Bertz CT molecular complexity index is 238. The number of nitrogens with one attached hydrogen (secondary N) is 1. The maximum atomic E-state index is 3.65. The third-order valence-electron chi connectivity index (χ3n) is 5.64. The minimum absolute atomic E-state index is 0.676. The first-order valence-electron chi connectivity index (χ1n) is 9.63. The van der Waals surface area contributed by atoms with Crippen molar-refractivity contribution in [2.45, 2.75) is 109 Å². The molecule has 0 aromatic carbocycles. The van der Waals surface area contributed by atoms with Crippen LogP contribution < -0.4 is 5.32 Å². The predicted octanol–water partition coefficient (Wildman–Crippen LogP) is 4.98. The minimum atomic E-state index is 0.676. The second-order valence-electron chi connectivity index (χ2n) is 7.00. The topological polar surface area (TPSA) is 15.3 Å². The van der Waals surface area contributed by atoms with E-state index >= 15 is 0 Å². The van der Waals surface area contributed by atoms with Gasteiger partial charge in [-0.1, -0.05) is 65.2 Å². The fourth-order valence-corrected chi connectivity index (χ4v) is 4.13. The van der Waals surface area contributed by atoms with Crippen molar-refractivity contribution in [2.75, 3.05) is 14.1 Å². The van der Waals surface area contributed by atoms with Gasteiger partial charge in [0.05, 0.1) is 0 Å². The SMILES string of the molecule is CCC(CC)N(C)C1CCCCCCCCCCC1NC. The Morgan fingerprint density at radius 1 is 0.857 bits per heavy atom. The Morgan fingerprint density at radius 2 is 1.33 bits per heavy atom. The van der Waals surface area contributed by atoms with E-state index in [1.807, 2.05) is 0 Å². The normalized spacial score (nSPS) is 26.6. The summed E-state index contributed by atoms with van der Waals surface area (Å²) in [5.74, 6) is 0. The Kier molecular flexibility index (Phi) is 10.4. The molecule has 2 atom stereocenters. The van der Waals surface area contributed by atoms with Crippen LogP contribution in [0.25, 0.3) is 0 Å². The van der Waals surface area contributed by atoms with Crippen LogP contribution >= 0.6 is 0 Å². The van der Waals surface area contributed by atoms with E-state index in [0.29, 0.717) is 6.04 Å². The summed E-state index contributed by atoms with van der Waals surface area (Å²) < 4.78 is 0. The van der Waals surface area contributed by atoms with Crippen LogP contribution in [-0.2, 0) is 0 Å². The number of hydrogen-bond acceptors (Lipinski definition) is 2. The van der Waals surface area contributed by atoms with Crippen LogP contribution in [0, 0.1) is 0 Å². The van der Waals surface area contributed by atoms with Gasteiger partial charge in [-0.3, -0.25) is 4.90 Å². The average Bonchev–Trinajstić information content (AvgIpc) is 2.49. The van der Waals surface area contributed by atoms with Crippen LogP contribution in [0.15, 0.2) is 0 Å². The van der Waals surface area contributed by atoms with Crippen molar-refractivity contribution in [3.05, 3.63) is 0 Å². The zero-order chi connectivity index (χ0) is 15.5. The summed E-state index contributed by atoms with van der Waals surface area (Å²) >= 11 is 0. The molecule has 1 saturated carbocycles. The lowest BCUT2D eigenvalue weighted by molar-refractivity contribution is 0.118. The highest BCUT2D eigenvalue weighted by Gasteiger charge is 2.27. The molecule has 126 valence electrons. The van der Waals surface area contributed by atoms with Crippen LogP contribution in [0.5, 0.6) is 0 Å². The third kappa shape index (κ3) is 6.69. The standard InChI is InChI=1S/C19H40N2/c1-5-17(6-2)21(4)19-16-14-12-10-8-7-9-11-13-15-18(19)20-3/h17-20H,5-16H2,1-4H3. The third-order valence-corrected chi connectivity index (χ3v) is 5.64. The van der Waals surface area contributed by atoms with Gasteiger partial charge in [0.1, 0.15) is 0 Å². The molecule has 21 heavy (non-hydrogen) atoms. The molecule has 2 nitrogen and oxygen atoms in total. The smallest absolute Gasteiger partial charge is 0.0249 e. The van der Waals surface area contributed by atoms with Gasteiger partial charge in [0.15, 0.2) is 0 Å². The lowest BCUT2D eigenvalue weighted by Gasteiger charge is -2.39. The molecule has 0 bridgehead atoms. The highest BCUT2D eigenvalue weighted by molar-refractivity contribution is 4.85. The number of nitrogens with zero attached hydrogens (tertiary/aromatic N) is 1. The van der Waals surface area contributed by atoms with Gasteiger partial charge in [-0.2, -0.15) is 0 Å². The van der Waals surface area contributed by atoms with E-state index in [1.54, 1.807) is 0 Å². The molecule has 0 heterocycles. The van der Waals surface area contributed by atoms with E-state index in [1.165, 1.54) is 77.0 Å². The second-order valence-corrected chi connectivity index (χ2v) is 7.00. The van der Waals surface area contributed by atoms with Crippen molar-refractivity contribution in [1.29, 1.82) is 0 Å². The molecule has 0 amide bonds. The van der Waals surface area contributed by atoms with Gasteiger partial charge in [-0.25, -0.2) is 0 Å². The molecular weight excluding hydrogens is 256 g/mol. The summed E-state index contributed by atoms with van der Waals surface area (Å²) in [6.45, 7) is 4.68. The predicted molar refractivity (Wildman–Crippen MR) is 94.9 cm³/mol. The molecular formula is C19H40N2. The monoisotopic (exact) mass is 296 g/mol. The van der Waals surface area contributed by atoms with Gasteiger partial charge >= 0.3 is 0 Å². The van der Waals surface area contributed by atoms with Crippen molar-refractivity contribution in [1.82, 2.24) is 10.2 Å².